The van der Waals surface area contributed by atoms with Crippen LogP contribution in [-0.4, -0.2) is 25.7 Å². The Morgan fingerprint density at radius 2 is 2.05 bits per heavy atom. The lowest BCUT2D eigenvalue weighted by molar-refractivity contribution is 0.0889. The van der Waals surface area contributed by atoms with Gasteiger partial charge in [0.05, 0.1) is 5.25 Å². The normalized spacial score (nSPS) is 23.6. The Bertz CT molecular complexity index is 627. The van der Waals surface area contributed by atoms with Gasteiger partial charge in [-0.25, -0.2) is 12.8 Å². The van der Waals surface area contributed by atoms with Crippen molar-refractivity contribution in [1.29, 1.82) is 0 Å². The van der Waals surface area contributed by atoms with E-state index in [0.29, 0.717) is 35.7 Å². The number of carbonyl (C=O) groups excluding carboxylic acids is 1. The third-order valence-corrected chi connectivity index (χ3v) is 6.13. The fourth-order valence-corrected chi connectivity index (χ4v) is 4.30. The summed E-state index contributed by atoms with van der Waals surface area (Å²) in [5.74, 6) is -0.988. The number of sulfone groups is 1. The van der Waals surface area contributed by atoms with Crippen molar-refractivity contribution < 1.29 is 17.6 Å². The third kappa shape index (κ3) is 3.47. The highest BCUT2D eigenvalue weighted by Crippen LogP contribution is 2.32. The number of ketones is 1. The first-order valence-electron chi connectivity index (χ1n) is 6.47. The summed E-state index contributed by atoms with van der Waals surface area (Å²) in [5, 5.41) is -0.461. The van der Waals surface area contributed by atoms with E-state index >= 15 is 0 Å². The second-order valence-corrected chi connectivity index (χ2v) is 8.48. The Kier molecular flexibility index (Phi) is 4.64. The molecule has 0 spiro atoms. The third-order valence-electron chi connectivity index (χ3n) is 3.80. The summed E-state index contributed by atoms with van der Waals surface area (Å²) in [5.41, 5.74) is 0.296. The van der Waals surface area contributed by atoms with Gasteiger partial charge in [-0.2, -0.15) is 0 Å². The molecule has 0 radical (unpaired) electrons. The molecule has 1 aliphatic carbocycles. The number of halogens is 2. The average Bonchev–Trinajstić information content (AvgIpc) is 2.40. The molecule has 1 aromatic carbocycles. The fraction of sp³-hybridized carbons (Fsp3) is 0.500. The van der Waals surface area contributed by atoms with Crippen molar-refractivity contribution in [3.63, 3.8) is 0 Å². The predicted molar refractivity (Wildman–Crippen MR) is 79.0 cm³/mol. The molecule has 1 aromatic rings. The number of carbonyl (C=O) groups is 1. The molecule has 2 atom stereocenters. The van der Waals surface area contributed by atoms with E-state index < -0.39 is 20.9 Å². The molecule has 0 aromatic heterocycles. The Hall–Kier alpha value is -0.750. The van der Waals surface area contributed by atoms with Crippen LogP contribution in [0.25, 0.3) is 0 Å². The predicted octanol–water partition coefficient (Wildman–Crippen LogP) is 3.37. The lowest BCUT2D eigenvalue weighted by Crippen LogP contribution is -2.31. The minimum atomic E-state index is -3.13. The quantitative estimate of drug-likeness (QED) is 0.774. The largest absolute Gasteiger partial charge is 0.294 e. The van der Waals surface area contributed by atoms with Crippen LogP contribution in [0.1, 0.15) is 36.0 Å². The van der Waals surface area contributed by atoms with Crippen molar-refractivity contribution in [3.05, 3.63) is 34.1 Å². The van der Waals surface area contributed by atoms with Gasteiger partial charge in [0.15, 0.2) is 5.78 Å². The molecule has 3 nitrogen and oxygen atoms in total. The summed E-state index contributed by atoms with van der Waals surface area (Å²) in [4.78, 5) is 12.5. The van der Waals surface area contributed by atoms with Gasteiger partial charge in [-0.3, -0.25) is 4.79 Å². The molecule has 2 rings (SSSR count). The van der Waals surface area contributed by atoms with Crippen LogP contribution in [0.4, 0.5) is 4.39 Å². The second kappa shape index (κ2) is 5.93. The summed E-state index contributed by atoms with van der Waals surface area (Å²) in [6.45, 7) is 0. The molecule has 1 saturated carbocycles. The molecule has 2 unspecified atom stereocenters. The first-order chi connectivity index (χ1) is 9.29. The number of rotatable bonds is 3. The van der Waals surface area contributed by atoms with Crippen LogP contribution in [0.5, 0.6) is 0 Å². The summed E-state index contributed by atoms with van der Waals surface area (Å²) >= 11 is 3.25. The zero-order chi connectivity index (χ0) is 14.9. The molecular formula is C14H16BrFO3S. The van der Waals surface area contributed by atoms with E-state index in [1.54, 1.807) is 0 Å². The summed E-state index contributed by atoms with van der Waals surface area (Å²) in [7, 11) is -3.13. The van der Waals surface area contributed by atoms with Crippen LogP contribution in [0.15, 0.2) is 22.7 Å². The van der Waals surface area contributed by atoms with E-state index in [1.807, 2.05) is 0 Å². The van der Waals surface area contributed by atoms with Crippen LogP contribution < -0.4 is 0 Å². The zero-order valence-electron chi connectivity index (χ0n) is 11.1. The van der Waals surface area contributed by atoms with Gasteiger partial charge in [0, 0.05) is 22.2 Å². The Balaban J connectivity index is 2.23. The van der Waals surface area contributed by atoms with Gasteiger partial charge in [0.1, 0.15) is 15.7 Å². The molecule has 0 heterocycles. The SMILES string of the molecule is CS(=O)(=O)C1CCCC(C(=O)c2cc(F)ccc2Br)C1. The molecule has 0 saturated heterocycles. The average molecular weight is 363 g/mol. The van der Waals surface area contributed by atoms with Crippen LogP contribution >= 0.6 is 15.9 Å². The minimum Gasteiger partial charge on any atom is -0.294 e. The maximum absolute atomic E-state index is 13.3. The van der Waals surface area contributed by atoms with Crippen LogP contribution in [-0.2, 0) is 9.84 Å². The van der Waals surface area contributed by atoms with Crippen LogP contribution in [0.2, 0.25) is 0 Å². The van der Waals surface area contributed by atoms with E-state index in [2.05, 4.69) is 15.9 Å². The number of hydrogen-bond acceptors (Lipinski definition) is 3. The van der Waals surface area contributed by atoms with Gasteiger partial charge < -0.3 is 0 Å². The van der Waals surface area contributed by atoms with Crippen molar-refractivity contribution in [2.75, 3.05) is 6.26 Å². The smallest absolute Gasteiger partial charge is 0.167 e. The Labute approximate surface area is 126 Å². The molecule has 1 aliphatic rings. The van der Waals surface area contributed by atoms with Crippen LogP contribution in [0.3, 0.4) is 0 Å². The van der Waals surface area contributed by atoms with Gasteiger partial charge in [-0.05, 0) is 37.5 Å². The maximum atomic E-state index is 13.3. The monoisotopic (exact) mass is 362 g/mol. The standard InChI is InChI=1S/C14H16BrFO3S/c1-20(18,19)11-4-2-3-9(7-11)14(17)12-8-10(16)5-6-13(12)15/h5-6,8-9,11H,2-4,7H2,1H3. The first kappa shape index (κ1) is 15.6. The van der Waals surface area contributed by atoms with Crippen molar-refractivity contribution in [2.45, 2.75) is 30.9 Å². The maximum Gasteiger partial charge on any atom is 0.167 e. The van der Waals surface area contributed by atoms with Gasteiger partial charge in [0.2, 0.25) is 0 Å². The Morgan fingerprint density at radius 1 is 1.35 bits per heavy atom. The highest BCUT2D eigenvalue weighted by molar-refractivity contribution is 9.10. The molecule has 6 heteroatoms. The molecule has 0 aliphatic heterocycles. The Morgan fingerprint density at radius 3 is 2.70 bits per heavy atom. The minimum absolute atomic E-state index is 0.176. The molecule has 0 bridgehead atoms. The van der Waals surface area contributed by atoms with E-state index in [9.17, 15) is 17.6 Å². The van der Waals surface area contributed by atoms with E-state index in [-0.39, 0.29) is 11.7 Å². The fourth-order valence-electron chi connectivity index (χ4n) is 2.68. The summed E-state index contributed by atoms with van der Waals surface area (Å²) in [6.07, 6.45) is 3.52. The van der Waals surface area contributed by atoms with E-state index in [4.69, 9.17) is 0 Å². The summed E-state index contributed by atoms with van der Waals surface area (Å²) < 4.78 is 37.1. The summed E-state index contributed by atoms with van der Waals surface area (Å²) in [6, 6.07) is 3.98. The second-order valence-electron chi connectivity index (χ2n) is 5.30. The van der Waals surface area contributed by atoms with Gasteiger partial charge in [0.25, 0.3) is 0 Å². The van der Waals surface area contributed by atoms with Crippen LogP contribution in [0, 0.1) is 11.7 Å². The topological polar surface area (TPSA) is 51.2 Å². The number of hydrogen-bond donors (Lipinski definition) is 0. The molecular weight excluding hydrogens is 347 g/mol. The molecule has 110 valence electrons. The lowest BCUT2D eigenvalue weighted by atomic mass is 9.83. The molecule has 0 N–H and O–H groups in total. The number of benzene rings is 1. The van der Waals surface area contributed by atoms with Crippen molar-refractivity contribution >= 4 is 31.6 Å². The van der Waals surface area contributed by atoms with Gasteiger partial charge in [-0.15, -0.1) is 0 Å². The van der Waals surface area contributed by atoms with Crippen molar-refractivity contribution in [1.82, 2.24) is 0 Å². The highest BCUT2D eigenvalue weighted by atomic mass is 79.9. The van der Waals surface area contributed by atoms with E-state index in [0.717, 1.165) is 0 Å². The van der Waals surface area contributed by atoms with E-state index in [1.165, 1.54) is 24.5 Å². The molecule has 0 amide bonds. The van der Waals surface area contributed by atoms with Gasteiger partial charge >= 0.3 is 0 Å². The first-order valence-corrected chi connectivity index (χ1v) is 9.22. The van der Waals surface area contributed by atoms with Crippen molar-refractivity contribution in [2.24, 2.45) is 5.92 Å². The molecule has 20 heavy (non-hydrogen) atoms. The van der Waals surface area contributed by atoms with Gasteiger partial charge in [-0.1, -0.05) is 22.4 Å². The van der Waals surface area contributed by atoms with Crippen molar-refractivity contribution in [3.8, 4) is 0 Å². The molecule has 1 fully saturated rings. The zero-order valence-corrected chi connectivity index (χ0v) is 13.5. The highest BCUT2D eigenvalue weighted by Gasteiger charge is 2.33. The lowest BCUT2D eigenvalue weighted by Gasteiger charge is -2.27. The number of Topliss-reactive ketones (excluding diaryl/α,β-unsaturated/α-hetero) is 1.